The van der Waals surface area contributed by atoms with Crippen LogP contribution in [-0.4, -0.2) is 18.9 Å². The Hall–Kier alpha value is -2.82. The lowest BCUT2D eigenvalue weighted by atomic mass is 10.1. The summed E-state index contributed by atoms with van der Waals surface area (Å²) in [6.07, 6.45) is 4.18. The summed E-state index contributed by atoms with van der Waals surface area (Å²) in [5, 5.41) is 2.70. The van der Waals surface area contributed by atoms with Gasteiger partial charge >= 0.3 is 0 Å². The van der Waals surface area contributed by atoms with E-state index in [1.165, 1.54) is 5.56 Å². The van der Waals surface area contributed by atoms with E-state index in [0.29, 0.717) is 23.0 Å². The highest BCUT2D eigenvalue weighted by Gasteiger charge is 2.23. The molecule has 5 heteroatoms. The zero-order valence-corrected chi connectivity index (χ0v) is 12.4. The Bertz CT molecular complexity index is 758. The number of carbonyl (C=O) groups excluding carboxylic acids is 1. The van der Waals surface area contributed by atoms with E-state index in [1.807, 2.05) is 18.2 Å². The van der Waals surface area contributed by atoms with Gasteiger partial charge in [-0.25, -0.2) is 4.99 Å². The molecule has 22 heavy (non-hydrogen) atoms. The van der Waals surface area contributed by atoms with Crippen LogP contribution in [0.5, 0.6) is 5.75 Å². The van der Waals surface area contributed by atoms with Gasteiger partial charge in [-0.3, -0.25) is 4.79 Å². The molecule has 0 aliphatic carbocycles. The predicted molar refractivity (Wildman–Crippen MR) is 83.7 cm³/mol. The predicted octanol–water partition coefficient (Wildman–Crippen LogP) is 2.77. The summed E-state index contributed by atoms with van der Waals surface area (Å²) in [5.74, 6) is 1.41. The average Bonchev–Trinajstić information content (AvgIpc) is 3.17. The van der Waals surface area contributed by atoms with Crippen molar-refractivity contribution in [2.45, 2.75) is 13.3 Å². The van der Waals surface area contributed by atoms with E-state index in [4.69, 9.17) is 9.15 Å². The summed E-state index contributed by atoms with van der Waals surface area (Å²) in [6.45, 7) is 2.08. The minimum absolute atomic E-state index is 0.254. The van der Waals surface area contributed by atoms with Crippen LogP contribution in [0.15, 0.2) is 51.7 Å². The molecule has 5 nitrogen and oxygen atoms in total. The van der Waals surface area contributed by atoms with Crippen molar-refractivity contribution in [3.8, 4) is 5.75 Å². The lowest BCUT2D eigenvalue weighted by Crippen LogP contribution is -2.24. The lowest BCUT2D eigenvalue weighted by molar-refractivity contribution is -0.115. The third-order valence-electron chi connectivity index (χ3n) is 3.45. The van der Waals surface area contributed by atoms with Crippen molar-refractivity contribution >= 4 is 17.8 Å². The number of amidine groups is 1. The van der Waals surface area contributed by atoms with Crippen LogP contribution in [0.1, 0.15) is 23.8 Å². The van der Waals surface area contributed by atoms with Crippen LogP contribution in [0.2, 0.25) is 0 Å². The Labute approximate surface area is 128 Å². The molecular weight excluding hydrogens is 280 g/mol. The first-order valence-corrected chi connectivity index (χ1v) is 7.03. The number of nitrogens with one attached hydrogen (secondary N) is 1. The standard InChI is InChI=1S/C17H16N2O3/c1-3-11-6-7-14(21-2)12(9-11)10-13-17(20)19-16(18-13)15-5-4-8-22-15/h4-10H,3H2,1-2H3,(H,18,19,20)/b13-10+. The minimum Gasteiger partial charge on any atom is -0.496 e. The zero-order chi connectivity index (χ0) is 15.5. The van der Waals surface area contributed by atoms with Crippen molar-refractivity contribution < 1.29 is 13.9 Å². The van der Waals surface area contributed by atoms with Gasteiger partial charge in [-0.1, -0.05) is 13.0 Å². The van der Waals surface area contributed by atoms with Gasteiger partial charge in [0.25, 0.3) is 5.91 Å². The monoisotopic (exact) mass is 296 g/mol. The highest BCUT2D eigenvalue weighted by Crippen LogP contribution is 2.24. The number of hydrogen-bond acceptors (Lipinski definition) is 4. The Morgan fingerprint density at radius 2 is 2.23 bits per heavy atom. The third-order valence-corrected chi connectivity index (χ3v) is 3.45. The maximum absolute atomic E-state index is 12.1. The number of furan rings is 1. The molecule has 2 aromatic rings. The Balaban J connectivity index is 1.99. The van der Waals surface area contributed by atoms with Gasteiger partial charge in [0.15, 0.2) is 11.6 Å². The van der Waals surface area contributed by atoms with Crippen molar-refractivity contribution in [2.75, 3.05) is 7.11 Å². The number of rotatable bonds is 4. The smallest absolute Gasteiger partial charge is 0.275 e. The van der Waals surface area contributed by atoms with E-state index >= 15 is 0 Å². The van der Waals surface area contributed by atoms with Crippen LogP contribution in [0.25, 0.3) is 6.08 Å². The van der Waals surface area contributed by atoms with Crippen LogP contribution in [0.3, 0.4) is 0 Å². The molecule has 112 valence electrons. The van der Waals surface area contributed by atoms with Gasteiger partial charge in [-0.2, -0.15) is 0 Å². The third kappa shape index (κ3) is 2.65. The fourth-order valence-corrected chi connectivity index (χ4v) is 2.26. The number of carbonyl (C=O) groups is 1. The second-order valence-corrected chi connectivity index (χ2v) is 4.85. The molecule has 1 N–H and O–H groups in total. The summed E-state index contributed by atoms with van der Waals surface area (Å²) in [5.41, 5.74) is 2.33. The molecule has 1 aromatic carbocycles. The fraction of sp³-hybridized carbons (Fsp3) is 0.176. The molecule has 0 saturated carbocycles. The van der Waals surface area contributed by atoms with Crippen LogP contribution in [-0.2, 0) is 11.2 Å². The first-order valence-electron chi connectivity index (χ1n) is 7.03. The van der Waals surface area contributed by atoms with E-state index in [9.17, 15) is 4.79 Å². The first-order chi connectivity index (χ1) is 10.7. The highest BCUT2D eigenvalue weighted by molar-refractivity contribution is 6.19. The molecule has 3 rings (SSSR count). The second-order valence-electron chi connectivity index (χ2n) is 4.85. The van der Waals surface area contributed by atoms with Crippen molar-refractivity contribution in [3.63, 3.8) is 0 Å². The molecule has 0 atom stereocenters. The Kier molecular flexibility index (Phi) is 3.78. The Morgan fingerprint density at radius 3 is 2.91 bits per heavy atom. The zero-order valence-electron chi connectivity index (χ0n) is 12.4. The van der Waals surface area contributed by atoms with Crippen molar-refractivity contribution in [2.24, 2.45) is 4.99 Å². The molecule has 1 aliphatic rings. The van der Waals surface area contributed by atoms with E-state index < -0.39 is 0 Å². The topological polar surface area (TPSA) is 63.8 Å². The van der Waals surface area contributed by atoms with Gasteiger partial charge < -0.3 is 14.5 Å². The van der Waals surface area contributed by atoms with Crippen LogP contribution in [0, 0.1) is 0 Å². The second kappa shape index (κ2) is 5.89. The molecule has 0 unspecified atom stereocenters. The van der Waals surface area contributed by atoms with E-state index in [1.54, 1.807) is 31.6 Å². The molecule has 0 bridgehead atoms. The molecular formula is C17H16N2O3. The summed E-state index contributed by atoms with van der Waals surface area (Å²) in [6, 6.07) is 9.40. The molecule has 0 saturated heterocycles. The summed E-state index contributed by atoms with van der Waals surface area (Å²) < 4.78 is 10.6. The highest BCUT2D eigenvalue weighted by atomic mass is 16.5. The number of aryl methyl sites for hydroxylation is 1. The number of methoxy groups -OCH3 is 1. The first kappa shape index (κ1) is 14.1. The van der Waals surface area contributed by atoms with Crippen LogP contribution >= 0.6 is 0 Å². The SMILES string of the molecule is CCc1ccc(OC)c(/C=C2/N=C(c3ccco3)NC2=O)c1. The van der Waals surface area contributed by atoms with Crippen molar-refractivity contribution in [1.82, 2.24) is 5.32 Å². The number of ether oxygens (including phenoxy) is 1. The van der Waals surface area contributed by atoms with Crippen molar-refractivity contribution in [1.29, 1.82) is 0 Å². The molecule has 1 aromatic heterocycles. The van der Waals surface area contributed by atoms with Gasteiger partial charge in [-0.05, 0) is 42.3 Å². The summed E-state index contributed by atoms with van der Waals surface area (Å²) in [7, 11) is 1.61. The summed E-state index contributed by atoms with van der Waals surface area (Å²) >= 11 is 0. The summed E-state index contributed by atoms with van der Waals surface area (Å²) in [4.78, 5) is 16.4. The normalized spacial score (nSPS) is 15.8. The van der Waals surface area contributed by atoms with Gasteiger partial charge in [0.1, 0.15) is 11.4 Å². The molecule has 0 fully saturated rings. The quantitative estimate of drug-likeness (QED) is 0.882. The van der Waals surface area contributed by atoms with E-state index in [2.05, 4.69) is 17.2 Å². The average molecular weight is 296 g/mol. The number of hydrogen-bond donors (Lipinski definition) is 1. The van der Waals surface area contributed by atoms with E-state index in [0.717, 1.165) is 12.0 Å². The van der Waals surface area contributed by atoms with Crippen molar-refractivity contribution in [3.05, 3.63) is 59.2 Å². The van der Waals surface area contributed by atoms with Crippen LogP contribution in [0.4, 0.5) is 0 Å². The lowest BCUT2D eigenvalue weighted by Gasteiger charge is -2.07. The maximum atomic E-state index is 12.1. The number of benzene rings is 1. The number of amides is 1. The number of aliphatic imine (C=N–C) groups is 1. The molecule has 1 aliphatic heterocycles. The van der Waals surface area contributed by atoms with E-state index in [-0.39, 0.29) is 5.91 Å². The molecule has 0 spiro atoms. The van der Waals surface area contributed by atoms with Gasteiger partial charge in [0.05, 0.1) is 13.4 Å². The largest absolute Gasteiger partial charge is 0.496 e. The Morgan fingerprint density at radius 1 is 1.36 bits per heavy atom. The number of nitrogens with zero attached hydrogens (tertiary/aromatic N) is 1. The maximum Gasteiger partial charge on any atom is 0.275 e. The molecule has 2 heterocycles. The fourth-order valence-electron chi connectivity index (χ4n) is 2.26. The molecule has 1 amide bonds. The van der Waals surface area contributed by atoms with Gasteiger partial charge in [-0.15, -0.1) is 0 Å². The molecule has 0 radical (unpaired) electrons. The minimum atomic E-state index is -0.254. The van der Waals surface area contributed by atoms with Gasteiger partial charge in [0, 0.05) is 5.56 Å². The van der Waals surface area contributed by atoms with Gasteiger partial charge in [0.2, 0.25) is 0 Å². The van der Waals surface area contributed by atoms with Crippen LogP contribution < -0.4 is 10.1 Å².